The molecule has 2 aliphatic carbocycles. The number of fused-ring (bicyclic) bond motifs is 2. The Morgan fingerprint density at radius 3 is 2.64 bits per heavy atom. The number of nitrogens with zero attached hydrogens (tertiary/aromatic N) is 1. The molecule has 1 saturated heterocycles. The largest absolute Gasteiger partial charge is 0.445 e. The lowest BCUT2D eigenvalue weighted by Gasteiger charge is -2.48. The molecule has 5 rings (SSSR count). The van der Waals surface area contributed by atoms with E-state index >= 15 is 0 Å². The van der Waals surface area contributed by atoms with Crippen molar-refractivity contribution in [3.05, 3.63) is 47.5 Å². The predicted octanol–water partition coefficient (Wildman–Crippen LogP) is 3.96. The first-order chi connectivity index (χ1) is 12.2. The van der Waals surface area contributed by atoms with Crippen LogP contribution in [0.2, 0.25) is 0 Å². The van der Waals surface area contributed by atoms with Crippen LogP contribution in [0.25, 0.3) is 0 Å². The van der Waals surface area contributed by atoms with E-state index in [0.717, 1.165) is 31.2 Å². The normalized spacial score (nSPS) is 27.8. The topological polar surface area (TPSA) is 46.6 Å². The molecule has 4 aliphatic rings. The maximum atomic E-state index is 12.8. The van der Waals surface area contributed by atoms with Gasteiger partial charge in [-0.1, -0.05) is 48.9 Å². The molecule has 25 heavy (non-hydrogen) atoms. The van der Waals surface area contributed by atoms with Crippen LogP contribution in [0.1, 0.15) is 38.2 Å². The molecule has 2 aliphatic heterocycles. The molecule has 4 nitrogen and oxygen atoms in total. The predicted molar refractivity (Wildman–Crippen MR) is 94.8 cm³/mol. The van der Waals surface area contributed by atoms with Crippen LogP contribution in [0.15, 0.2) is 42.0 Å². The summed E-state index contributed by atoms with van der Waals surface area (Å²) in [6, 6.07) is 9.63. The van der Waals surface area contributed by atoms with E-state index in [1.807, 2.05) is 35.2 Å². The Balaban J connectivity index is 1.49. The van der Waals surface area contributed by atoms with Gasteiger partial charge in [-0.25, -0.2) is 4.79 Å². The zero-order chi connectivity index (χ0) is 17.4. The molecule has 1 saturated carbocycles. The summed E-state index contributed by atoms with van der Waals surface area (Å²) in [5, 5.41) is 0. The number of carbonyl (C=O) groups excluding carboxylic acids is 2. The van der Waals surface area contributed by atoms with Crippen LogP contribution in [-0.4, -0.2) is 29.4 Å². The molecule has 1 aromatic rings. The summed E-state index contributed by atoms with van der Waals surface area (Å²) in [4.78, 5) is 27.3. The number of rotatable bonds is 5. The van der Waals surface area contributed by atoms with Crippen molar-refractivity contribution in [2.24, 2.45) is 17.8 Å². The van der Waals surface area contributed by atoms with Crippen LogP contribution in [-0.2, 0) is 16.1 Å². The number of carbonyl (C=O) groups is 2. The summed E-state index contributed by atoms with van der Waals surface area (Å²) in [6.07, 6.45) is 5.84. The lowest BCUT2D eigenvalue weighted by molar-refractivity contribution is -0.128. The highest BCUT2D eigenvalue weighted by atomic mass is 16.6. The molecular formula is C21H25NO3. The van der Waals surface area contributed by atoms with Crippen LogP contribution in [0.5, 0.6) is 0 Å². The van der Waals surface area contributed by atoms with E-state index in [9.17, 15) is 9.59 Å². The first-order valence-electron chi connectivity index (χ1n) is 9.39. The highest BCUT2D eigenvalue weighted by Crippen LogP contribution is 2.44. The van der Waals surface area contributed by atoms with Crippen molar-refractivity contribution in [1.82, 2.24) is 4.90 Å². The summed E-state index contributed by atoms with van der Waals surface area (Å²) in [5.74, 6) is 0.867. The van der Waals surface area contributed by atoms with Gasteiger partial charge < -0.3 is 9.64 Å². The molecule has 3 atom stereocenters. The zero-order valence-electron chi connectivity index (χ0n) is 14.7. The Morgan fingerprint density at radius 1 is 1.20 bits per heavy atom. The molecule has 1 aromatic carbocycles. The molecule has 2 fully saturated rings. The number of piperidine rings is 1. The number of ether oxygens (including phenoxy) is 1. The molecule has 4 heteroatoms. The second-order valence-electron chi connectivity index (χ2n) is 7.51. The lowest BCUT2D eigenvalue weighted by atomic mass is 9.70. The number of hydrogen-bond donors (Lipinski definition) is 0. The number of hydrogen-bond acceptors (Lipinski definition) is 3. The Hall–Kier alpha value is -2.10. The van der Waals surface area contributed by atoms with Gasteiger partial charge >= 0.3 is 6.09 Å². The maximum Gasteiger partial charge on any atom is 0.410 e. The van der Waals surface area contributed by atoms with E-state index in [-0.39, 0.29) is 36.5 Å². The van der Waals surface area contributed by atoms with Crippen molar-refractivity contribution in [2.45, 2.75) is 45.3 Å². The second-order valence-corrected chi connectivity index (χ2v) is 7.51. The van der Waals surface area contributed by atoms with Gasteiger partial charge in [0.15, 0.2) is 0 Å². The maximum absolute atomic E-state index is 12.8. The number of Topliss-reactive ketones (excluding diaryl/α,β-unsaturated/α-hetero) is 1. The van der Waals surface area contributed by atoms with Gasteiger partial charge in [0.05, 0.1) is 6.04 Å². The fraction of sp³-hybridized carbons (Fsp3) is 0.524. The van der Waals surface area contributed by atoms with Gasteiger partial charge in [0, 0.05) is 18.4 Å². The molecule has 2 heterocycles. The zero-order valence-corrected chi connectivity index (χ0v) is 14.7. The van der Waals surface area contributed by atoms with Gasteiger partial charge in [0.25, 0.3) is 0 Å². The third-order valence-corrected chi connectivity index (χ3v) is 5.73. The standard InChI is InChI=1S/C21H25NO3/c1-2-16-10-15-11-18(20(23)17-8-9-17)19(16)22(12-15)21(24)25-13-14-6-4-3-5-7-14/h3-7,10,15,17-19H,2,8-9,11-13H2,1H3/t15-,18?,19+/m1/s1. The number of amides is 1. The highest BCUT2D eigenvalue weighted by Gasteiger charge is 2.49. The minimum absolute atomic E-state index is 0.0320. The van der Waals surface area contributed by atoms with Gasteiger partial charge in [-0.2, -0.15) is 0 Å². The molecule has 0 spiro atoms. The third kappa shape index (κ3) is 3.22. The average molecular weight is 339 g/mol. The SMILES string of the molecule is CCC1=C[C@@H]2CC(C(=O)C3CC3)[C@H]1N(C(=O)OCc1ccccc1)C2. The number of ketones is 1. The van der Waals surface area contributed by atoms with Crippen molar-refractivity contribution in [2.75, 3.05) is 6.54 Å². The van der Waals surface area contributed by atoms with Gasteiger partial charge in [0.2, 0.25) is 0 Å². The Bertz CT molecular complexity index is 692. The van der Waals surface area contributed by atoms with E-state index in [4.69, 9.17) is 4.74 Å². The van der Waals surface area contributed by atoms with Crippen LogP contribution in [0, 0.1) is 17.8 Å². The minimum Gasteiger partial charge on any atom is -0.445 e. The summed E-state index contributed by atoms with van der Waals surface area (Å²) in [6.45, 7) is 3.06. The molecule has 2 bridgehead atoms. The lowest BCUT2D eigenvalue weighted by Crippen LogP contribution is -2.57. The van der Waals surface area contributed by atoms with E-state index in [1.54, 1.807) is 0 Å². The van der Waals surface area contributed by atoms with E-state index < -0.39 is 0 Å². The van der Waals surface area contributed by atoms with Gasteiger partial charge in [-0.15, -0.1) is 0 Å². The minimum atomic E-state index is -0.286. The third-order valence-electron chi connectivity index (χ3n) is 5.73. The Labute approximate surface area is 148 Å². The van der Waals surface area contributed by atoms with Crippen molar-refractivity contribution < 1.29 is 14.3 Å². The van der Waals surface area contributed by atoms with Crippen LogP contribution < -0.4 is 0 Å². The molecule has 0 radical (unpaired) electrons. The van der Waals surface area contributed by atoms with Gasteiger partial charge in [-0.05, 0) is 37.2 Å². The van der Waals surface area contributed by atoms with E-state index in [2.05, 4.69) is 13.0 Å². The molecule has 1 amide bonds. The van der Waals surface area contributed by atoms with Gasteiger partial charge in [0.1, 0.15) is 12.4 Å². The molecule has 0 N–H and O–H groups in total. The van der Waals surface area contributed by atoms with Crippen LogP contribution in [0.3, 0.4) is 0 Å². The van der Waals surface area contributed by atoms with Crippen molar-refractivity contribution >= 4 is 11.9 Å². The van der Waals surface area contributed by atoms with Crippen molar-refractivity contribution in [3.8, 4) is 0 Å². The summed E-state index contributed by atoms with van der Waals surface area (Å²) >= 11 is 0. The second kappa shape index (κ2) is 6.66. The summed E-state index contributed by atoms with van der Waals surface area (Å²) in [7, 11) is 0. The summed E-state index contributed by atoms with van der Waals surface area (Å²) < 4.78 is 5.57. The first kappa shape index (κ1) is 16.4. The van der Waals surface area contributed by atoms with Crippen molar-refractivity contribution in [3.63, 3.8) is 0 Å². The van der Waals surface area contributed by atoms with Crippen LogP contribution >= 0.6 is 0 Å². The quantitative estimate of drug-likeness (QED) is 0.763. The Kier molecular flexibility index (Phi) is 4.36. The van der Waals surface area contributed by atoms with Crippen molar-refractivity contribution in [1.29, 1.82) is 0 Å². The van der Waals surface area contributed by atoms with E-state index in [1.165, 1.54) is 5.57 Å². The number of benzene rings is 1. The van der Waals surface area contributed by atoms with E-state index in [0.29, 0.717) is 12.3 Å². The monoisotopic (exact) mass is 339 g/mol. The molecule has 1 unspecified atom stereocenters. The highest BCUT2D eigenvalue weighted by molar-refractivity contribution is 5.87. The molecule has 0 aromatic heterocycles. The Morgan fingerprint density at radius 2 is 1.96 bits per heavy atom. The smallest absolute Gasteiger partial charge is 0.410 e. The molecule has 132 valence electrons. The fourth-order valence-electron chi connectivity index (χ4n) is 4.35. The average Bonchev–Trinajstić information content (AvgIpc) is 3.51. The fourth-order valence-corrected chi connectivity index (χ4v) is 4.35. The summed E-state index contributed by atoms with van der Waals surface area (Å²) in [5.41, 5.74) is 2.22. The first-order valence-corrected chi connectivity index (χ1v) is 9.39. The molecular weight excluding hydrogens is 314 g/mol. The van der Waals surface area contributed by atoms with Crippen LogP contribution in [0.4, 0.5) is 4.79 Å². The van der Waals surface area contributed by atoms with Gasteiger partial charge in [-0.3, -0.25) is 4.79 Å².